The Bertz CT molecular complexity index is 821. The van der Waals surface area contributed by atoms with E-state index in [4.69, 9.17) is 14.2 Å². The standard InChI is InChI=1S/C49H92O5/c1-4-7-10-13-16-18-20-22-23-24-25-26-28-30-32-35-38-41-44-52-45-47(54-49(51)43-40-37-33-15-12-9-6-3)46-53-48(50)42-39-36-34-31-29-27-21-19-17-14-11-8-5-2/h19,21-23,47H,4-18,20,24-46H2,1-3H3/b21-19-,23-22-. The molecular weight excluding hydrogens is 669 g/mol. The van der Waals surface area contributed by atoms with Crippen LogP contribution < -0.4 is 0 Å². The number of carbonyl (C=O) groups excluding carboxylic acids is 2. The molecule has 1 atom stereocenters. The van der Waals surface area contributed by atoms with Gasteiger partial charge in [0, 0.05) is 19.4 Å². The highest BCUT2D eigenvalue weighted by atomic mass is 16.6. The van der Waals surface area contributed by atoms with Crippen LogP contribution in [0.5, 0.6) is 0 Å². The molecule has 0 aliphatic rings. The van der Waals surface area contributed by atoms with Crippen LogP contribution >= 0.6 is 0 Å². The van der Waals surface area contributed by atoms with Crippen molar-refractivity contribution in [2.24, 2.45) is 0 Å². The summed E-state index contributed by atoms with van der Waals surface area (Å²) in [5, 5.41) is 0. The zero-order chi connectivity index (χ0) is 39.3. The lowest BCUT2D eigenvalue weighted by atomic mass is 10.1. The van der Waals surface area contributed by atoms with Crippen LogP contribution in [0.4, 0.5) is 0 Å². The van der Waals surface area contributed by atoms with Crippen LogP contribution in [0.3, 0.4) is 0 Å². The van der Waals surface area contributed by atoms with Crippen molar-refractivity contribution in [3.63, 3.8) is 0 Å². The van der Waals surface area contributed by atoms with Gasteiger partial charge < -0.3 is 14.2 Å². The van der Waals surface area contributed by atoms with Gasteiger partial charge in [-0.3, -0.25) is 9.59 Å². The molecule has 5 heteroatoms. The monoisotopic (exact) mass is 761 g/mol. The Kier molecular flexibility index (Phi) is 44.4. The molecule has 0 radical (unpaired) electrons. The molecule has 0 rings (SSSR count). The van der Waals surface area contributed by atoms with Gasteiger partial charge >= 0.3 is 11.9 Å². The van der Waals surface area contributed by atoms with Crippen molar-refractivity contribution >= 4 is 11.9 Å². The minimum absolute atomic E-state index is 0.0846. The van der Waals surface area contributed by atoms with E-state index in [2.05, 4.69) is 45.1 Å². The fraction of sp³-hybridized carbons (Fsp3) is 0.878. The third-order valence-corrected chi connectivity index (χ3v) is 10.5. The quantitative estimate of drug-likeness (QED) is 0.0352. The number of hydrogen-bond acceptors (Lipinski definition) is 5. The number of allylic oxidation sites excluding steroid dienone is 4. The van der Waals surface area contributed by atoms with Crippen molar-refractivity contribution in [3.05, 3.63) is 24.3 Å². The van der Waals surface area contributed by atoms with Crippen molar-refractivity contribution < 1.29 is 23.8 Å². The fourth-order valence-electron chi connectivity index (χ4n) is 6.85. The molecule has 0 aromatic carbocycles. The average molecular weight is 761 g/mol. The van der Waals surface area contributed by atoms with E-state index in [1.807, 2.05) is 0 Å². The number of esters is 2. The van der Waals surface area contributed by atoms with E-state index in [1.54, 1.807) is 0 Å². The van der Waals surface area contributed by atoms with E-state index in [9.17, 15) is 9.59 Å². The Morgan fingerprint density at radius 2 is 0.722 bits per heavy atom. The highest BCUT2D eigenvalue weighted by Crippen LogP contribution is 2.14. The van der Waals surface area contributed by atoms with Gasteiger partial charge in [-0.15, -0.1) is 0 Å². The number of ether oxygens (including phenoxy) is 3. The van der Waals surface area contributed by atoms with Gasteiger partial charge in [-0.2, -0.15) is 0 Å². The Balaban J connectivity index is 4.11. The Labute approximate surface area is 337 Å². The molecule has 0 heterocycles. The van der Waals surface area contributed by atoms with E-state index in [0.29, 0.717) is 19.4 Å². The molecule has 0 spiro atoms. The second kappa shape index (κ2) is 45.8. The summed E-state index contributed by atoms with van der Waals surface area (Å²) in [4.78, 5) is 25.1. The molecule has 0 N–H and O–H groups in total. The van der Waals surface area contributed by atoms with Crippen LogP contribution in [0.2, 0.25) is 0 Å². The maximum absolute atomic E-state index is 12.6. The number of unbranched alkanes of at least 4 members (excludes halogenated alkanes) is 29. The summed E-state index contributed by atoms with van der Waals surface area (Å²) in [6.45, 7) is 7.79. The van der Waals surface area contributed by atoms with Gasteiger partial charge in [-0.25, -0.2) is 0 Å². The van der Waals surface area contributed by atoms with Crippen molar-refractivity contribution in [3.8, 4) is 0 Å². The van der Waals surface area contributed by atoms with Crippen molar-refractivity contribution in [2.45, 2.75) is 258 Å². The van der Waals surface area contributed by atoms with E-state index in [-0.39, 0.29) is 25.2 Å². The molecule has 0 aliphatic carbocycles. The molecule has 54 heavy (non-hydrogen) atoms. The molecule has 0 aliphatic heterocycles. The van der Waals surface area contributed by atoms with Gasteiger partial charge in [0.25, 0.3) is 0 Å². The van der Waals surface area contributed by atoms with E-state index >= 15 is 0 Å². The lowest BCUT2D eigenvalue weighted by Crippen LogP contribution is -2.30. The molecule has 0 saturated carbocycles. The first-order valence-corrected chi connectivity index (χ1v) is 23.9. The molecule has 0 saturated heterocycles. The van der Waals surface area contributed by atoms with E-state index in [1.165, 1.54) is 167 Å². The van der Waals surface area contributed by atoms with Gasteiger partial charge in [0.1, 0.15) is 6.61 Å². The molecule has 0 aromatic rings. The van der Waals surface area contributed by atoms with Crippen LogP contribution in [0, 0.1) is 0 Å². The second-order valence-corrected chi connectivity index (χ2v) is 16.0. The first-order chi connectivity index (χ1) is 26.6. The maximum atomic E-state index is 12.6. The minimum atomic E-state index is -0.531. The fourth-order valence-corrected chi connectivity index (χ4v) is 6.85. The first-order valence-electron chi connectivity index (χ1n) is 23.9. The van der Waals surface area contributed by atoms with Gasteiger partial charge in [0.2, 0.25) is 0 Å². The normalized spacial score (nSPS) is 12.3. The summed E-state index contributed by atoms with van der Waals surface area (Å²) in [7, 11) is 0. The summed E-state index contributed by atoms with van der Waals surface area (Å²) in [6.07, 6.45) is 51.9. The summed E-state index contributed by atoms with van der Waals surface area (Å²) in [5.74, 6) is -0.405. The minimum Gasteiger partial charge on any atom is -0.462 e. The van der Waals surface area contributed by atoms with Crippen LogP contribution in [-0.4, -0.2) is 37.9 Å². The van der Waals surface area contributed by atoms with Crippen LogP contribution in [-0.2, 0) is 23.8 Å². The molecular formula is C49H92O5. The number of hydrogen-bond donors (Lipinski definition) is 0. The van der Waals surface area contributed by atoms with E-state index in [0.717, 1.165) is 51.4 Å². The van der Waals surface area contributed by atoms with Crippen molar-refractivity contribution in [2.75, 3.05) is 19.8 Å². The lowest BCUT2D eigenvalue weighted by Gasteiger charge is -2.18. The predicted molar refractivity (Wildman–Crippen MR) is 233 cm³/mol. The van der Waals surface area contributed by atoms with Gasteiger partial charge in [0.05, 0.1) is 6.61 Å². The largest absolute Gasteiger partial charge is 0.462 e. The smallest absolute Gasteiger partial charge is 0.306 e. The molecule has 0 fully saturated rings. The Hall–Kier alpha value is -1.62. The highest BCUT2D eigenvalue weighted by molar-refractivity contribution is 5.70. The van der Waals surface area contributed by atoms with Crippen molar-refractivity contribution in [1.82, 2.24) is 0 Å². The van der Waals surface area contributed by atoms with Crippen LogP contribution in [0.1, 0.15) is 252 Å². The summed E-state index contributed by atoms with van der Waals surface area (Å²) in [5.41, 5.74) is 0. The highest BCUT2D eigenvalue weighted by Gasteiger charge is 2.17. The first kappa shape index (κ1) is 52.4. The van der Waals surface area contributed by atoms with Gasteiger partial charge in [-0.05, 0) is 70.6 Å². The third kappa shape index (κ3) is 43.1. The zero-order valence-corrected chi connectivity index (χ0v) is 36.5. The number of carbonyl (C=O) groups is 2. The molecule has 5 nitrogen and oxygen atoms in total. The molecule has 1 unspecified atom stereocenters. The summed E-state index contributed by atoms with van der Waals surface area (Å²) in [6, 6.07) is 0. The van der Waals surface area contributed by atoms with E-state index < -0.39 is 6.10 Å². The summed E-state index contributed by atoms with van der Waals surface area (Å²) < 4.78 is 17.3. The third-order valence-electron chi connectivity index (χ3n) is 10.5. The maximum Gasteiger partial charge on any atom is 0.306 e. The van der Waals surface area contributed by atoms with Gasteiger partial charge in [0.15, 0.2) is 6.10 Å². The summed E-state index contributed by atoms with van der Waals surface area (Å²) >= 11 is 0. The Morgan fingerprint density at radius 1 is 0.389 bits per heavy atom. The topological polar surface area (TPSA) is 61.8 Å². The average Bonchev–Trinajstić information content (AvgIpc) is 3.17. The van der Waals surface area contributed by atoms with Crippen LogP contribution in [0.25, 0.3) is 0 Å². The Morgan fingerprint density at radius 3 is 1.15 bits per heavy atom. The second-order valence-electron chi connectivity index (χ2n) is 16.0. The lowest BCUT2D eigenvalue weighted by molar-refractivity contribution is -0.163. The molecule has 318 valence electrons. The van der Waals surface area contributed by atoms with Crippen molar-refractivity contribution in [1.29, 1.82) is 0 Å². The number of rotatable bonds is 44. The molecule has 0 aromatic heterocycles. The molecule has 0 amide bonds. The molecule has 0 bridgehead atoms. The van der Waals surface area contributed by atoms with Crippen LogP contribution in [0.15, 0.2) is 24.3 Å². The predicted octanol–water partition coefficient (Wildman–Crippen LogP) is 15.7. The van der Waals surface area contributed by atoms with Gasteiger partial charge in [-0.1, -0.05) is 193 Å². The SMILES string of the molecule is CCCCCC/C=C\CCCCCCCC(=O)OCC(COCCCCCCCCCC/C=C\CCCCCCCC)OC(=O)CCCCCCCCC. The zero-order valence-electron chi connectivity index (χ0n) is 36.5.